The first-order valence-corrected chi connectivity index (χ1v) is 10.4. The minimum atomic E-state index is -4.35. The third kappa shape index (κ3) is 3.90. The summed E-state index contributed by atoms with van der Waals surface area (Å²) in [5.74, 6) is 0.678. The van der Waals surface area contributed by atoms with E-state index in [9.17, 15) is 13.2 Å². The number of halogens is 3. The fourth-order valence-corrected chi connectivity index (χ4v) is 4.27. The maximum Gasteiger partial charge on any atom is 0.394 e. The zero-order valence-corrected chi connectivity index (χ0v) is 17.9. The Labute approximate surface area is 186 Å². The van der Waals surface area contributed by atoms with Crippen LogP contribution in [-0.2, 0) is 12.8 Å². The van der Waals surface area contributed by atoms with Gasteiger partial charge in [0.2, 0.25) is 0 Å². The van der Waals surface area contributed by atoms with E-state index < -0.39 is 12.6 Å². The van der Waals surface area contributed by atoms with Crippen molar-refractivity contribution in [2.45, 2.75) is 32.9 Å². The van der Waals surface area contributed by atoms with E-state index in [1.807, 2.05) is 44.2 Å². The maximum absolute atomic E-state index is 13.1. The van der Waals surface area contributed by atoms with Gasteiger partial charge in [0.25, 0.3) is 0 Å². The standard InChI is InChI=1S/C24H20F3N5O/c1-13-21(14(2)33-32-13)18-10-28-23-19(17-12-30-31-20(17)9-24(25,26)27)11-29-22(23)16(18)8-15-6-4-3-5-7-15/h3-7,10-12,29H,8-9H2,1-2H3,(H,30,31). The van der Waals surface area contributed by atoms with Crippen molar-refractivity contribution >= 4 is 11.0 Å². The number of aromatic nitrogens is 5. The number of nitrogens with one attached hydrogen (secondary N) is 2. The number of hydrogen-bond donors (Lipinski definition) is 2. The highest BCUT2D eigenvalue weighted by molar-refractivity contribution is 5.97. The number of nitrogens with zero attached hydrogens (tertiary/aromatic N) is 3. The van der Waals surface area contributed by atoms with E-state index in [0.29, 0.717) is 28.8 Å². The van der Waals surface area contributed by atoms with Gasteiger partial charge in [0.1, 0.15) is 5.76 Å². The Hall–Kier alpha value is -3.88. The van der Waals surface area contributed by atoms with Gasteiger partial charge in [0, 0.05) is 41.1 Å². The molecule has 0 aliphatic carbocycles. The lowest BCUT2D eigenvalue weighted by Crippen LogP contribution is -2.12. The van der Waals surface area contributed by atoms with Crippen LogP contribution in [0.5, 0.6) is 0 Å². The van der Waals surface area contributed by atoms with E-state index in [-0.39, 0.29) is 5.69 Å². The minimum Gasteiger partial charge on any atom is -0.361 e. The molecular formula is C24H20F3N5O. The second kappa shape index (κ2) is 7.91. The van der Waals surface area contributed by atoms with Crippen LogP contribution in [0.15, 0.2) is 53.4 Å². The average Bonchev–Trinajstić information content (AvgIpc) is 3.47. The summed E-state index contributed by atoms with van der Waals surface area (Å²) in [6.07, 6.45) is -0.00866. The molecule has 4 heterocycles. The first-order chi connectivity index (χ1) is 15.8. The molecule has 0 fully saturated rings. The highest BCUT2D eigenvalue weighted by Gasteiger charge is 2.31. The molecular weight excluding hydrogens is 431 g/mol. The summed E-state index contributed by atoms with van der Waals surface area (Å²) >= 11 is 0. The van der Waals surface area contributed by atoms with Crippen molar-refractivity contribution in [3.05, 3.63) is 77.2 Å². The fraction of sp³-hybridized carbons (Fsp3) is 0.208. The molecule has 0 saturated carbocycles. The monoisotopic (exact) mass is 451 g/mol. The first kappa shape index (κ1) is 21.0. The van der Waals surface area contributed by atoms with E-state index in [2.05, 4.69) is 25.3 Å². The topological polar surface area (TPSA) is 83.4 Å². The third-order valence-corrected chi connectivity index (χ3v) is 5.71. The molecule has 1 aromatic carbocycles. The molecule has 0 bridgehead atoms. The molecule has 0 aliphatic rings. The number of hydrogen-bond acceptors (Lipinski definition) is 4. The lowest BCUT2D eigenvalue weighted by molar-refractivity contribution is -0.127. The van der Waals surface area contributed by atoms with Gasteiger partial charge < -0.3 is 9.51 Å². The zero-order valence-electron chi connectivity index (χ0n) is 17.9. The molecule has 0 atom stereocenters. The lowest BCUT2D eigenvalue weighted by Gasteiger charge is -2.12. The number of H-pyrrole nitrogens is 2. The van der Waals surface area contributed by atoms with Crippen molar-refractivity contribution in [1.29, 1.82) is 0 Å². The van der Waals surface area contributed by atoms with Crippen molar-refractivity contribution in [3.63, 3.8) is 0 Å². The molecule has 0 radical (unpaired) electrons. The Bertz CT molecular complexity index is 1410. The van der Waals surface area contributed by atoms with E-state index in [1.165, 1.54) is 6.20 Å². The molecule has 0 spiro atoms. The van der Waals surface area contributed by atoms with Crippen LogP contribution in [-0.4, -0.2) is 31.5 Å². The van der Waals surface area contributed by atoms with Gasteiger partial charge in [-0.15, -0.1) is 0 Å². The summed E-state index contributed by atoms with van der Waals surface area (Å²) in [6.45, 7) is 3.72. The van der Waals surface area contributed by atoms with Gasteiger partial charge in [0.05, 0.1) is 35.0 Å². The molecule has 0 saturated heterocycles. The molecule has 2 N–H and O–H groups in total. The molecule has 0 aliphatic heterocycles. The van der Waals surface area contributed by atoms with Crippen LogP contribution in [0.25, 0.3) is 33.3 Å². The average molecular weight is 451 g/mol. The van der Waals surface area contributed by atoms with Crippen LogP contribution in [0.4, 0.5) is 13.2 Å². The Morgan fingerprint density at radius 2 is 1.79 bits per heavy atom. The van der Waals surface area contributed by atoms with E-state index >= 15 is 0 Å². The van der Waals surface area contributed by atoms with Crippen molar-refractivity contribution in [2.75, 3.05) is 0 Å². The second-order valence-corrected chi connectivity index (χ2v) is 7.99. The lowest BCUT2D eigenvalue weighted by atomic mass is 9.94. The summed E-state index contributed by atoms with van der Waals surface area (Å²) in [4.78, 5) is 7.91. The second-order valence-electron chi connectivity index (χ2n) is 7.99. The summed E-state index contributed by atoms with van der Waals surface area (Å²) in [6, 6.07) is 9.96. The number of fused-ring (bicyclic) bond motifs is 1. The normalized spacial score (nSPS) is 12.0. The van der Waals surface area contributed by atoms with Crippen molar-refractivity contribution in [2.24, 2.45) is 0 Å². The predicted molar refractivity (Wildman–Crippen MR) is 118 cm³/mol. The number of rotatable bonds is 5. The van der Waals surface area contributed by atoms with Gasteiger partial charge in [-0.05, 0) is 25.0 Å². The van der Waals surface area contributed by atoms with Crippen molar-refractivity contribution < 1.29 is 17.7 Å². The largest absolute Gasteiger partial charge is 0.394 e. The number of aryl methyl sites for hydroxylation is 2. The smallest absolute Gasteiger partial charge is 0.361 e. The van der Waals surface area contributed by atoms with Gasteiger partial charge >= 0.3 is 6.18 Å². The molecule has 4 aromatic heterocycles. The van der Waals surface area contributed by atoms with Gasteiger partial charge in [0.15, 0.2) is 0 Å². The molecule has 33 heavy (non-hydrogen) atoms. The summed E-state index contributed by atoms with van der Waals surface area (Å²) in [5.41, 5.74) is 6.84. The van der Waals surface area contributed by atoms with Gasteiger partial charge in [-0.1, -0.05) is 35.5 Å². The van der Waals surface area contributed by atoms with Crippen LogP contribution >= 0.6 is 0 Å². The molecule has 0 amide bonds. The van der Waals surface area contributed by atoms with Crippen LogP contribution in [0.3, 0.4) is 0 Å². The van der Waals surface area contributed by atoms with Crippen LogP contribution < -0.4 is 0 Å². The minimum absolute atomic E-state index is 0.00427. The van der Waals surface area contributed by atoms with Crippen LogP contribution in [0.2, 0.25) is 0 Å². The Morgan fingerprint density at radius 3 is 2.48 bits per heavy atom. The molecule has 6 nitrogen and oxygen atoms in total. The number of pyridine rings is 1. The zero-order chi connectivity index (χ0) is 23.2. The number of alkyl halides is 3. The SMILES string of the molecule is Cc1noc(C)c1-c1cnc2c(-c3cn[nH]c3CC(F)(F)F)c[nH]c2c1Cc1ccccc1. The highest BCUT2D eigenvalue weighted by atomic mass is 19.4. The number of aromatic amines is 2. The Balaban J connectivity index is 1.71. The molecule has 9 heteroatoms. The van der Waals surface area contributed by atoms with Gasteiger partial charge in [-0.25, -0.2) is 0 Å². The quantitative estimate of drug-likeness (QED) is 0.347. The summed E-state index contributed by atoms with van der Waals surface area (Å²) in [7, 11) is 0. The first-order valence-electron chi connectivity index (χ1n) is 10.4. The Morgan fingerprint density at radius 1 is 1.00 bits per heavy atom. The molecule has 168 valence electrons. The van der Waals surface area contributed by atoms with Crippen LogP contribution in [0.1, 0.15) is 28.3 Å². The van der Waals surface area contributed by atoms with Gasteiger partial charge in [-0.2, -0.15) is 18.3 Å². The molecule has 0 unspecified atom stereocenters. The molecule has 5 aromatic rings. The van der Waals surface area contributed by atoms with E-state index in [0.717, 1.165) is 33.5 Å². The summed E-state index contributed by atoms with van der Waals surface area (Å²) < 4.78 is 44.6. The van der Waals surface area contributed by atoms with Crippen molar-refractivity contribution in [3.8, 4) is 22.3 Å². The highest BCUT2D eigenvalue weighted by Crippen LogP contribution is 2.38. The summed E-state index contributed by atoms with van der Waals surface area (Å²) in [5, 5.41) is 10.4. The maximum atomic E-state index is 13.1. The van der Waals surface area contributed by atoms with E-state index in [4.69, 9.17) is 4.52 Å². The van der Waals surface area contributed by atoms with Gasteiger partial charge in [-0.3, -0.25) is 10.1 Å². The fourth-order valence-electron chi connectivity index (χ4n) is 4.27. The van der Waals surface area contributed by atoms with Crippen molar-refractivity contribution in [1.82, 2.24) is 25.3 Å². The third-order valence-electron chi connectivity index (χ3n) is 5.71. The number of benzene rings is 1. The van der Waals surface area contributed by atoms with E-state index in [1.54, 1.807) is 12.4 Å². The Kier molecular flexibility index (Phi) is 5.03. The van der Waals surface area contributed by atoms with Crippen LogP contribution in [0, 0.1) is 13.8 Å². The molecule has 5 rings (SSSR count). The predicted octanol–water partition coefficient (Wildman–Crippen LogP) is 5.92.